The lowest BCUT2D eigenvalue weighted by Crippen LogP contribution is -2.13. The minimum atomic E-state index is -3.60. The van der Waals surface area contributed by atoms with Crippen molar-refractivity contribution in [3.05, 3.63) is 59.2 Å². The van der Waals surface area contributed by atoms with Gasteiger partial charge >= 0.3 is 0 Å². The number of aryl methyl sites for hydroxylation is 2. The van der Waals surface area contributed by atoms with Crippen LogP contribution in [-0.2, 0) is 16.4 Å². The number of rotatable bonds is 5. The summed E-state index contributed by atoms with van der Waals surface area (Å²) in [5, 5.41) is 8.94. The maximum absolute atomic E-state index is 12.4. The van der Waals surface area contributed by atoms with Gasteiger partial charge in [-0.3, -0.25) is 4.72 Å². The molecule has 0 fully saturated rings. The third kappa shape index (κ3) is 3.83. The van der Waals surface area contributed by atoms with Crippen LogP contribution < -0.4 is 4.72 Å². The molecule has 2 aromatic rings. The van der Waals surface area contributed by atoms with E-state index in [2.05, 4.69) is 4.72 Å². The van der Waals surface area contributed by atoms with Gasteiger partial charge in [-0.15, -0.1) is 0 Å². The highest BCUT2D eigenvalue weighted by molar-refractivity contribution is 7.92. The van der Waals surface area contributed by atoms with Gasteiger partial charge in [0.25, 0.3) is 10.0 Å². The molecule has 0 radical (unpaired) electrons. The van der Waals surface area contributed by atoms with Crippen molar-refractivity contribution < 1.29 is 13.5 Å². The van der Waals surface area contributed by atoms with Gasteiger partial charge in [0, 0.05) is 12.3 Å². The number of nitrogens with one attached hydrogen (secondary N) is 1. The van der Waals surface area contributed by atoms with Crippen LogP contribution in [0.15, 0.2) is 47.4 Å². The largest absolute Gasteiger partial charge is 0.396 e. The molecule has 0 aromatic heterocycles. The molecule has 2 N–H and O–H groups in total. The molecule has 0 aliphatic rings. The smallest absolute Gasteiger partial charge is 0.261 e. The van der Waals surface area contributed by atoms with Crippen molar-refractivity contribution in [3.63, 3.8) is 0 Å². The first-order chi connectivity index (χ1) is 9.92. The van der Waals surface area contributed by atoms with Crippen LogP contribution in [0.1, 0.15) is 16.7 Å². The number of aliphatic hydroxyl groups is 1. The van der Waals surface area contributed by atoms with Gasteiger partial charge in [-0.2, -0.15) is 0 Å². The first-order valence-electron chi connectivity index (χ1n) is 6.72. The Kier molecular flexibility index (Phi) is 4.65. The standard InChI is InChI=1S/C16H19NO3S/c1-12-6-7-16(10-13(12)2)21(19,20)17-15-5-3-4-14(11-15)8-9-18/h3-7,10-11,17-18H,8-9H2,1-2H3. The van der Waals surface area contributed by atoms with E-state index >= 15 is 0 Å². The summed E-state index contributed by atoms with van der Waals surface area (Å²) in [6, 6.07) is 12.1. The molecule has 0 spiro atoms. The van der Waals surface area contributed by atoms with Gasteiger partial charge in [-0.05, 0) is 61.2 Å². The van der Waals surface area contributed by atoms with Gasteiger partial charge in [-0.1, -0.05) is 18.2 Å². The van der Waals surface area contributed by atoms with Crippen molar-refractivity contribution >= 4 is 15.7 Å². The van der Waals surface area contributed by atoms with Gasteiger partial charge in [0.05, 0.1) is 4.90 Å². The molecular formula is C16H19NO3S. The topological polar surface area (TPSA) is 66.4 Å². The molecule has 2 aromatic carbocycles. The average molecular weight is 305 g/mol. The van der Waals surface area contributed by atoms with Crippen LogP contribution in [0.2, 0.25) is 0 Å². The molecular weight excluding hydrogens is 286 g/mol. The predicted molar refractivity (Wildman–Crippen MR) is 84.0 cm³/mol. The Bertz CT molecular complexity index is 739. The van der Waals surface area contributed by atoms with Crippen LogP contribution >= 0.6 is 0 Å². The molecule has 0 atom stereocenters. The Balaban J connectivity index is 2.28. The Hall–Kier alpha value is -1.85. The van der Waals surface area contributed by atoms with Gasteiger partial charge in [-0.25, -0.2) is 8.42 Å². The molecule has 112 valence electrons. The fourth-order valence-electron chi connectivity index (χ4n) is 2.01. The molecule has 2 rings (SSSR count). The summed E-state index contributed by atoms with van der Waals surface area (Å²) in [5.41, 5.74) is 3.38. The Morgan fingerprint density at radius 2 is 1.81 bits per heavy atom. The van der Waals surface area contributed by atoms with Gasteiger partial charge in [0.1, 0.15) is 0 Å². The van der Waals surface area contributed by atoms with E-state index in [1.165, 1.54) is 0 Å². The number of sulfonamides is 1. The molecule has 0 unspecified atom stereocenters. The fraction of sp³-hybridized carbons (Fsp3) is 0.250. The Labute approximate surface area is 125 Å². The van der Waals surface area contributed by atoms with E-state index in [4.69, 9.17) is 5.11 Å². The Morgan fingerprint density at radius 1 is 1.05 bits per heavy atom. The van der Waals surface area contributed by atoms with E-state index < -0.39 is 10.0 Å². The minimum absolute atomic E-state index is 0.0351. The summed E-state index contributed by atoms with van der Waals surface area (Å²) in [6.45, 7) is 3.86. The number of aliphatic hydroxyl groups excluding tert-OH is 1. The zero-order valence-electron chi connectivity index (χ0n) is 12.1. The highest BCUT2D eigenvalue weighted by atomic mass is 32.2. The first kappa shape index (κ1) is 15.5. The third-order valence-corrected chi connectivity index (χ3v) is 4.75. The number of benzene rings is 2. The lowest BCUT2D eigenvalue weighted by Gasteiger charge is -2.10. The van der Waals surface area contributed by atoms with E-state index in [9.17, 15) is 8.42 Å². The molecule has 21 heavy (non-hydrogen) atoms. The molecule has 4 nitrogen and oxygen atoms in total. The summed E-state index contributed by atoms with van der Waals surface area (Å²) < 4.78 is 27.3. The summed E-state index contributed by atoms with van der Waals surface area (Å²) in [6.07, 6.45) is 0.499. The monoisotopic (exact) mass is 305 g/mol. The number of hydrogen-bond acceptors (Lipinski definition) is 3. The number of hydrogen-bond donors (Lipinski definition) is 2. The molecule has 5 heteroatoms. The van der Waals surface area contributed by atoms with E-state index in [0.29, 0.717) is 12.1 Å². The zero-order chi connectivity index (χ0) is 15.5. The molecule has 0 saturated carbocycles. The van der Waals surface area contributed by atoms with Crippen molar-refractivity contribution in [1.82, 2.24) is 0 Å². The highest BCUT2D eigenvalue weighted by Crippen LogP contribution is 2.19. The van der Waals surface area contributed by atoms with Crippen molar-refractivity contribution in [2.24, 2.45) is 0 Å². The van der Waals surface area contributed by atoms with Crippen molar-refractivity contribution in [1.29, 1.82) is 0 Å². The first-order valence-corrected chi connectivity index (χ1v) is 8.20. The fourth-order valence-corrected chi connectivity index (χ4v) is 3.15. The Morgan fingerprint density at radius 3 is 2.48 bits per heavy atom. The summed E-state index contributed by atoms with van der Waals surface area (Å²) in [5.74, 6) is 0. The molecule has 0 aliphatic heterocycles. The van der Waals surface area contributed by atoms with E-state index in [0.717, 1.165) is 16.7 Å². The van der Waals surface area contributed by atoms with Crippen LogP contribution in [0, 0.1) is 13.8 Å². The maximum atomic E-state index is 12.4. The van der Waals surface area contributed by atoms with Crippen LogP contribution in [-0.4, -0.2) is 20.1 Å². The zero-order valence-corrected chi connectivity index (χ0v) is 12.9. The van der Waals surface area contributed by atoms with E-state index in [-0.39, 0.29) is 11.5 Å². The van der Waals surface area contributed by atoms with Crippen molar-refractivity contribution in [2.75, 3.05) is 11.3 Å². The van der Waals surface area contributed by atoms with Crippen LogP contribution in [0.25, 0.3) is 0 Å². The molecule has 0 bridgehead atoms. The minimum Gasteiger partial charge on any atom is -0.396 e. The average Bonchev–Trinajstić information content (AvgIpc) is 2.42. The normalized spacial score (nSPS) is 11.4. The lowest BCUT2D eigenvalue weighted by atomic mass is 10.1. The second-order valence-electron chi connectivity index (χ2n) is 5.03. The summed E-state index contributed by atoms with van der Waals surface area (Å²) in [4.78, 5) is 0.248. The molecule has 0 saturated heterocycles. The quantitative estimate of drug-likeness (QED) is 0.892. The van der Waals surface area contributed by atoms with Crippen LogP contribution in [0.5, 0.6) is 0 Å². The third-order valence-electron chi connectivity index (χ3n) is 3.37. The second kappa shape index (κ2) is 6.28. The maximum Gasteiger partial charge on any atom is 0.261 e. The number of anilines is 1. The second-order valence-corrected chi connectivity index (χ2v) is 6.71. The molecule has 0 aliphatic carbocycles. The van der Waals surface area contributed by atoms with Crippen molar-refractivity contribution in [2.45, 2.75) is 25.2 Å². The lowest BCUT2D eigenvalue weighted by molar-refractivity contribution is 0.299. The molecule has 0 amide bonds. The van der Waals surface area contributed by atoms with Gasteiger partial charge in [0.15, 0.2) is 0 Å². The van der Waals surface area contributed by atoms with Gasteiger partial charge < -0.3 is 5.11 Å². The van der Waals surface area contributed by atoms with Crippen LogP contribution in [0.3, 0.4) is 0 Å². The summed E-state index contributed by atoms with van der Waals surface area (Å²) >= 11 is 0. The van der Waals surface area contributed by atoms with E-state index in [1.54, 1.807) is 36.4 Å². The predicted octanol–water partition coefficient (Wildman–Crippen LogP) is 2.64. The van der Waals surface area contributed by atoms with Crippen LogP contribution in [0.4, 0.5) is 5.69 Å². The van der Waals surface area contributed by atoms with Crippen molar-refractivity contribution in [3.8, 4) is 0 Å². The van der Waals surface area contributed by atoms with Gasteiger partial charge in [0.2, 0.25) is 0 Å². The van der Waals surface area contributed by atoms with E-state index in [1.807, 2.05) is 19.9 Å². The SMILES string of the molecule is Cc1ccc(S(=O)(=O)Nc2cccc(CCO)c2)cc1C. The summed E-state index contributed by atoms with van der Waals surface area (Å²) in [7, 11) is -3.60. The molecule has 0 heterocycles. The highest BCUT2D eigenvalue weighted by Gasteiger charge is 2.14.